The summed E-state index contributed by atoms with van der Waals surface area (Å²) >= 11 is 3.38. The third-order valence-corrected chi connectivity index (χ3v) is 2.36. The summed E-state index contributed by atoms with van der Waals surface area (Å²) in [5.74, 6) is 0. The Morgan fingerprint density at radius 2 is 2.33 bits per heavy atom. The number of hydrogen-bond donors (Lipinski definition) is 2. The molecule has 0 fully saturated rings. The van der Waals surface area contributed by atoms with Crippen molar-refractivity contribution in [2.24, 2.45) is 0 Å². The molecule has 4 heteroatoms. The highest BCUT2D eigenvalue weighted by atomic mass is 79.9. The average molecular weight is 227 g/mol. The lowest BCUT2D eigenvalue weighted by atomic mass is 10.3. The minimum Gasteiger partial charge on any atom is -0.390 e. The molecule has 2 aromatic rings. The number of H-pyrrole nitrogens is 1. The minimum atomic E-state index is 0.0289. The summed E-state index contributed by atoms with van der Waals surface area (Å²) in [4.78, 5) is 7.04. The predicted molar refractivity (Wildman–Crippen MR) is 49.7 cm³/mol. The predicted octanol–water partition coefficient (Wildman–Crippen LogP) is 1.82. The number of halogens is 1. The molecule has 2 rings (SSSR count). The Labute approximate surface area is 77.6 Å². The van der Waals surface area contributed by atoms with E-state index in [2.05, 4.69) is 25.9 Å². The van der Waals surface area contributed by atoms with Crippen LogP contribution in [0.5, 0.6) is 0 Å². The van der Waals surface area contributed by atoms with Crippen molar-refractivity contribution >= 4 is 26.8 Å². The van der Waals surface area contributed by atoms with Crippen molar-refractivity contribution in [3.8, 4) is 0 Å². The van der Waals surface area contributed by atoms with Gasteiger partial charge in [0.25, 0.3) is 0 Å². The van der Waals surface area contributed by atoms with Crippen LogP contribution in [0.25, 0.3) is 10.9 Å². The van der Waals surface area contributed by atoms with Crippen molar-refractivity contribution in [1.29, 1.82) is 0 Å². The number of aliphatic hydroxyl groups excluding tert-OH is 1. The molecule has 0 radical (unpaired) electrons. The van der Waals surface area contributed by atoms with Crippen LogP contribution >= 0.6 is 15.9 Å². The largest absolute Gasteiger partial charge is 0.390 e. The third kappa shape index (κ3) is 1.13. The second-order valence-electron chi connectivity index (χ2n) is 2.54. The van der Waals surface area contributed by atoms with E-state index in [1.807, 2.05) is 6.07 Å². The van der Waals surface area contributed by atoms with Gasteiger partial charge in [-0.25, -0.2) is 0 Å². The number of rotatable bonds is 1. The molecular formula is C8H7BrN2O. The average Bonchev–Trinajstić information content (AvgIpc) is 2.49. The molecule has 0 unspecified atom stereocenters. The Kier molecular flexibility index (Phi) is 1.86. The summed E-state index contributed by atoms with van der Waals surface area (Å²) in [5, 5.41) is 9.91. The van der Waals surface area contributed by atoms with Crippen molar-refractivity contribution in [1.82, 2.24) is 9.97 Å². The van der Waals surface area contributed by atoms with Crippen molar-refractivity contribution in [3.05, 3.63) is 28.6 Å². The molecular weight excluding hydrogens is 220 g/mol. The summed E-state index contributed by atoms with van der Waals surface area (Å²) in [5.41, 5.74) is 1.74. The van der Waals surface area contributed by atoms with Crippen LogP contribution in [0.2, 0.25) is 0 Å². The van der Waals surface area contributed by atoms with Crippen molar-refractivity contribution < 1.29 is 5.11 Å². The van der Waals surface area contributed by atoms with Gasteiger partial charge in [0.05, 0.1) is 18.3 Å². The van der Waals surface area contributed by atoms with Gasteiger partial charge in [-0.3, -0.25) is 4.98 Å². The number of aliphatic hydroxyl groups is 1. The molecule has 2 aromatic heterocycles. The van der Waals surface area contributed by atoms with Crippen molar-refractivity contribution in [2.75, 3.05) is 0 Å². The molecule has 0 saturated heterocycles. The zero-order chi connectivity index (χ0) is 8.55. The molecule has 0 aliphatic heterocycles. The quantitative estimate of drug-likeness (QED) is 0.780. The van der Waals surface area contributed by atoms with Crippen LogP contribution < -0.4 is 0 Å². The van der Waals surface area contributed by atoms with Crippen LogP contribution in [0, 0.1) is 0 Å². The van der Waals surface area contributed by atoms with Gasteiger partial charge in [-0.15, -0.1) is 0 Å². The Morgan fingerprint density at radius 3 is 3.00 bits per heavy atom. The van der Waals surface area contributed by atoms with E-state index in [0.29, 0.717) is 0 Å². The maximum Gasteiger partial charge on any atom is 0.0831 e. The van der Waals surface area contributed by atoms with E-state index in [4.69, 9.17) is 5.11 Å². The zero-order valence-corrected chi connectivity index (χ0v) is 7.80. The normalized spacial score (nSPS) is 10.8. The van der Waals surface area contributed by atoms with Crippen LogP contribution in [0.15, 0.2) is 22.9 Å². The molecule has 0 atom stereocenters. The fraction of sp³-hybridized carbons (Fsp3) is 0.125. The Morgan fingerprint density at radius 1 is 1.50 bits per heavy atom. The number of aromatic nitrogens is 2. The highest BCUT2D eigenvalue weighted by Gasteiger charge is 2.02. The van der Waals surface area contributed by atoms with Crippen LogP contribution in [-0.4, -0.2) is 15.1 Å². The number of fused-ring (bicyclic) bond motifs is 1. The van der Waals surface area contributed by atoms with Gasteiger partial charge in [-0.05, 0) is 22.0 Å². The summed E-state index contributed by atoms with van der Waals surface area (Å²) in [6.45, 7) is 0.0289. The van der Waals surface area contributed by atoms with Crippen LogP contribution in [0.3, 0.4) is 0 Å². The second kappa shape index (κ2) is 2.88. The molecule has 0 aliphatic rings. The summed E-state index contributed by atoms with van der Waals surface area (Å²) in [7, 11) is 0. The number of pyridine rings is 1. The first-order valence-electron chi connectivity index (χ1n) is 3.53. The van der Waals surface area contributed by atoms with E-state index in [1.165, 1.54) is 0 Å². The molecule has 62 valence electrons. The molecule has 2 heterocycles. The molecule has 2 N–H and O–H groups in total. The zero-order valence-electron chi connectivity index (χ0n) is 6.21. The Bertz CT molecular complexity index is 410. The Hall–Kier alpha value is -0.870. The Balaban J connectivity index is 2.74. The highest BCUT2D eigenvalue weighted by Crippen LogP contribution is 2.22. The van der Waals surface area contributed by atoms with Crippen LogP contribution in [0.4, 0.5) is 0 Å². The lowest BCUT2D eigenvalue weighted by Gasteiger charge is -1.89. The smallest absolute Gasteiger partial charge is 0.0831 e. The van der Waals surface area contributed by atoms with Crippen molar-refractivity contribution in [2.45, 2.75) is 6.61 Å². The van der Waals surface area contributed by atoms with Gasteiger partial charge in [-0.1, -0.05) is 0 Å². The molecule has 3 nitrogen and oxygen atoms in total. The van der Waals surface area contributed by atoms with E-state index in [1.54, 1.807) is 12.4 Å². The number of nitrogens with one attached hydrogen (secondary N) is 1. The maximum atomic E-state index is 8.86. The monoisotopic (exact) mass is 226 g/mol. The van der Waals surface area contributed by atoms with Gasteiger partial charge in [0, 0.05) is 21.7 Å². The van der Waals surface area contributed by atoms with Gasteiger partial charge in [-0.2, -0.15) is 0 Å². The van der Waals surface area contributed by atoms with E-state index < -0.39 is 0 Å². The molecule has 0 amide bonds. The van der Waals surface area contributed by atoms with Gasteiger partial charge in [0.2, 0.25) is 0 Å². The molecule has 0 bridgehead atoms. The molecule has 0 spiro atoms. The first kappa shape index (κ1) is 7.76. The lowest BCUT2D eigenvalue weighted by Crippen LogP contribution is -1.79. The number of aromatic amines is 1. The topological polar surface area (TPSA) is 48.9 Å². The van der Waals surface area contributed by atoms with Crippen LogP contribution in [0.1, 0.15) is 5.69 Å². The minimum absolute atomic E-state index is 0.0289. The number of hydrogen-bond acceptors (Lipinski definition) is 2. The number of nitrogens with zero attached hydrogens (tertiary/aromatic N) is 1. The highest BCUT2D eigenvalue weighted by molar-refractivity contribution is 9.10. The summed E-state index contributed by atoms with van der Waals surface area (Å²) in [6, 6.07) is 1.90. The lowest BCUT2D eigenvalue weighted by molar-refractivity contribution is 0.278. The van der Waals surface area contributed by atoms with Gasteiger partial charge >= 0.3 is 0 Å². The van der Waals surface area contributed by atoms with Gasteiger partial charge in [0.1, 0.15) is 0 Å². The van der Waals surface area contributed by atoms with Crippen LogP contribution in [-0.2, 0) is 6.61 Å². The molecule has 12 heavy (non-hydrogen) atoms. The van der Waals surface area contributed by atoms with E-state index in [-0.39, 0.29) is 6.61 Å². The summed E-state index contributed by atoms with van der Waals surface area (Å²) < 4.78 is 0.941. The fourth-order valence-electron chi connectivity index (χ4n) is 1.16. The maximum absolute atomic E-state index is 8.86. The SMILES string of the molecule is OCc1cc2c(Br)cncc2[nH]1. The molecule has 0 aromatic carbocycles. The molecule has 0 aliphatic carbocycles. The van der Waals surface area contributed by atoms with Gasteiger partial charge in [0.15, 0.2) is 0 Å². The van der Waals surface area contributed by atoms with E-state index in [9.17, 15) is 0 Å². The fourth-order valence-corrected chi connectivity index (χ4v) is 1.61. The van der Waals surface area contributed by atoms with Gasteiger partial charge < -0.3 is 10.1 Å². The first-order valence-corrected chi connectivity index (χ1v) is 4.32. The molecule has 0 saturated carbocycles. The third-order valence-electron chi connectivity index (χ3n) is 1.72. The van der Waals surface area contributed by atoms with E-state index in [0.717, 1.165) is 21.1 Å². The first-order chi connectivity index (χ1) is 5.81. The second-order valence-corrected chi connectivity index (χ2v) is 3.39. The van der Waals surface area contributed by atoms with E-state index >= 15 is 0 Å². The van der Waals surface area contributed by atoms with Crippen molar-refractivity contribution in [3.63, 3.8) is 0 Å². The standard InChI is InChI=1S/C8H7BrN2O/c9-7-2-10-3-8-6(7)1-5(4-12)11-8/h1-3,11-12H,4H2. The summed E-state index contributed by atoms with van der Waals surface area (Å²) in [6.07, 6.45) is 3.47.